The summed E-state index contributed by atoms with van der Waals surface area (Å²) in [7, 11) is -10.2. The number of aromatic nitrogens is 1. The summed E-state index contributed by atoms with van der Waals surface area (Å²) >= 11 is 2.09. The maximum Gasteiger partial charge on any atom is 0.413 e. The van der Waals surface area contributed by atoms with Crippen molar-refractivity contribution in [3.63, 3.8) is 0 Å². The van der Waals surface area contributed by atoms with Crippen molar-refractivity contribution in [1.29, 1.82) is 0 Å². The average Bonchev–Trinajstić information content (AvgIpc) is 3.47. The number of carbonyl (C=O) groups excluding carboxylic acids is 5. The third-order valence-corrected chi connectivity index (χ3v) is 12.9. The average molecular weight is 845 g/mol. The first-order valence-corrected chi connectivity index (χ1v) is 20.9. The van der Waals surface area contributed by atoms with Crippen LogP contribution in [0.5, 0.6) is 0 Å². The zero-order valence-corrected chi connectivity index (χ0v) is 33.5. The van der Waals surface area contributed by atoms with Gasteiger partial charge in [-0.2, -0.15) is 0 Å². The molecular weight excluding hydrogens is 802 g/mol. The van der Waals surface area contributed by atoms with Gasteiger partial charge in [0, 0.05) is 29.7 Å². The number of esters is 1. The van der Waals surface area contributed by atoms with Gasteiger partial charge in [-0.15, -0.1) is 23.1 Å². The van der Waals surface area contributed by atoms with Crippen molar-refractivity contribution >= 4 is 79.1 Å². The van der Waals surface area contributed by atoms with Crippen LogP contribution in [0, 0.1) is 0 Å². The van der Waals surface area contributed by atoms with E-state index >= 15 is 0 Å². The number of alkyl carbamates (subject to hydrolysis) is 1. The lowest BCUT2D eigenvalue weighted by atomic mass is 10.0. The molecule has 1 aromatic rings. The Labute approximate surface area is 316 Å². The number of rotatable bonds is 14. The van der Waals surface area contributed by atoms with Gasteiger partial charge < -0.3 is 54.4 Å². The molecule has 0 radical (unpaired) electrons. The minimum atomic E-state index is -5.68. The Kier molecular flexibility index (Phi) is 14.1. The van der Waals surface area contributed by atoms with E-state index in [1.807, 2.05) is 0 Å². The highest BCUT2D eigenvalue weighted by molar-refractivity contribution is 8.00. The van der Waals surface area contributed by atoms with Crippen molar-refractivity contribution in [2.24, 2.45) is 5.16 Å². The first kappa shape index (κ1) is 44.8. The molecule has 0 saturated carbocycles. The van der Waals surface area contributed by atoms with E-state index in [4.69, 9.17) is 19.0 Å². The van der Waals surface area contributed by atoms with Crippen molar-refractivity contribution < 1.29 is 76.8 Å². The van der Waals surface area contributed by atoms with Crippen LogP contribution in [-0.4, -0.2) is 124 Å². The number of thiazole rings is 1. The summed E-state index contributed by atoms with van der Waals surface area (Å²) in [6.07, 6.45) is -3.44. The Morgan fingerprint density at radius 3 is 2.19 bits per heavy atom. The summed E-state index contributed by atoms with van der Waals surface area (Å²) in [6, 6.07) is -1.16. The highest BCUT2D eigenvalue weighted by Gasteiger charge is 2.59. The van der Waals surface area contributed by atoms with E-state index < -0.39 is 98.9 Å². The Hall–Kier alpha value is -3.60. The Morgan fingerprint density at radius 2 is 1.63 bits per heavy atom. The van der Waals surface area contributed by atoms with Crippen LogP contribution in [0.2, 0.25) is 0 Å². The van der Waals surface area contributed by atoms with Gasteiger partial charge in [0.05, 0.1) is 0 Å². The van der Waals surface area contributed by atoms with E-state index in [9.17, 15) is 57.8 Å². The SMILES string of the molecule is CO/N=C(\C(=O)N[C@@H]1C(=O)N2C(C(=O)OC(C)(C)C)=C(COC(=O)NCCCC(O)(P(=O)(O)O)P(=O)(O)O)CS[C@@H]12)c1csc(NC(=O)OC(C)(C)C)n1. The second kappa shape index (κ2) is 17.0. The Balaban J connectivity index is 1.71. The van der Waals surface area contributed by atoms with Crippen molar-refractivity contribution in [3.05, 3.63) is 22.3 Å². The van der Waals surface area contributed by atoms with E-state index in [2.05, 4.69) is 26.1 Å². The predicted molar refractivity (Wildman–Crippen MR) is 191 cm³/mol. The molecule has 22 nitrogen and oxygen atoms in total. The lowest BCUT2D eigenvalue weighted by molar-refractivity contribution is -0.158. The van der Waals surface area contributed by atoms with Gasteiger partial charge in [-0.25, -0.2) is 19.4 Å². The van der Waals surface area contributed by atoms with Crippen molar-refractivity contribution in [2.45, 2.75) is 82.1 Å². The van der Waals surface area contributed by atoms with E-state index in [0.717, 1.165) is 28.0 Å². The number of β-lactam (4-membered cyclic amide) rings is 1. The number of carbonyl (C=O) groups is 5. The first-order chi connectivity index (χ1) is 24.7. The zero-order chi connectivity index (χ0) is 41.0. The van der Waals surface area contributed by atoms with Crippen LogP contribution in [0.25, 0.3) is 0 Å². The van der Waals surface area contributed by atoms with E-state index in [-0.39, 0.29) is 33.6 Å². The minimum absolute atomic E-state index is 0.0108. The molecule has 0 unspecified atom stereocenters. The van der Waals surface area contributed by atoms with E-state index in [1.165, 1.54) is 12.5 Å². The second-order valence-electron chi connectivity index (χ2n) is 13.6. The van der Waals surface area contributed by atoms with Crippen LogP contribution in [-0.2, 0) is 42.6 Å². The number of ether oxygens (including phenoxy) is 3. The molecule has 2 aliphatic heterocycles. The Bertz CT molecular complexity index is 1770. The summed E-state index contributed by atoms with van der Waals surface area (Å²) in [6.45, 7) is 8.84. The number of hydrogen-bond donors (Lipinski definition) is 8. The van der Waals surface area contributed by atoms with Crippen LogP contribution in [0.4, 0.5) is 14.7 Å². The third-order valence-electron chi connectivity index (χ3n) is 6.95. The normalized spacial score (nSPS) is 18.3. The van der Waals surface area contributed by atoms with Gasteiger partial charge in [0.1, 0.15) is 47.7 Å². The molecule has 2 aliphatic rings. The molecule has 1 saturated heterocycles. The number of anilines is 1. The molecule has 26 heteroatoms. The summed E-state index contributed by atoms with van der Waals surface area (Å²) in [5.74, 6) is -2.48. The lowest BCUT2D eigenvalue weighted by Crippen LogP contribution is -2.71. The molecule has 0 aromatic carbocycles. The fourth-order valence-electron chi connectivity index (χ4n) is 4.63. The number of nitrogens with zero attached hydrogens (tertiary/aromatic N) is 3. The van der Waals surface area contributed by atoms with Crippen LogP contribution in [0.15, 0.2) is 21.8 Å². The van der Waals surface area contributed by atoms with Crippen molar-refractivity contribution in [1.82, 2.24) is 20.5 Å². The minimum Gasteiger partial charge on any atom is -0.455 e. The molecule has 2 atom stereocenters. The van der Waals surface area contributed by atoms with Crippen LogP contribution in [0.3, 0.4) is 0 Å². The van der Waals surface area contributed by atoms with Gasteiger partial charge in [-0.05, 0) is 48.0 Å². The maximum absolute atomic E-state index is 13.5. The lowest BCUT2D eigenvalue weighted by Gasteiger charge is -2.49. The fraction of sp³-hybridized carbons (Fsp3) is 0.607. The van der Waals surface area contributed by atoms with Crippen molar-refractivity contribution in [2.75, 3.05) is 31.3 Å². The molecule has 0 bridgehead atoms. The molecule has 1 aromatic heterocycles. The van der Waals surface area contributed by atoms with Gasteiger partial charge in [0.15, 0.2) is 10.8 Å². The molecule has 3 rings (SSSR count). The molecule has 0 spiro atoms. The van der Waals surface area contributed by atoms with Crippen LogP contribution < -0.4 is 16.0 Å². The summed E-state index contributed by atoms with van der Waals surface area (Å²) in [5.41, 5.74) is -2.17. The van der Waals surface area contributed by atoms with Gasteiger partial charge in [-0.1, -0.05) is 5.16 Å². The molecule has 8 N–H and O–H groups in total. The highest BCUT2D eigenvalue weighted by Crippen LogP contribution is 2.69. The van der Waals surface area contributed by atoms with Crippen LogP contribution in [0.1, 0.15) is 60.1 Å². The van der Waals surface area contributed by atoms with Gasteiger partial charge in [0.2, 0.25) is 0 Å². The monoisotopic (exact) mass is 844 g/mol. The quantitative estimate of drug-likeness (QED) is 0.0249. The molecule has 1 fully saturated rings. The number of nitrogens with one attached hydrogen (secondary N) is 3. The molecule has 54 heavy (non-hydrogen) atoms. The number of aliphatic hydroxyl groups is 1. The summed E-state index contributed by atoms with van der Waals surface area (Å²) in [5, 5.41) is 18.0. The number of oxime groups is 1. The van der Waals surface area contributed by atoms with Gasteiger partial charge in [-0.3, -0.25) is 28.9 Å². The molecule has 4 amide bonds. The zero-order valence-electron chi connectivity index (χ0n) is 30.0. The molecule has 302 valence electrons. The standard InChI is InChI=1S/C28H42N6O16P2S2/c1-26(2,3)49-22(37)18-14(11-48-24(38)29-10-8-9-28(40,51(41,42)43)52(44,45)46)12-53-21-17(20(36)34(18)21)31-19(35)16(33-47-7)15-13-54-23(30-15)32-25(39)50-27(4,5)6/h13,17,21,40H,8-12H2,1-7H3,(H,29,38)(H,31,35)(H,30,32,39)(H2,41,42,43)(H2,44,45,46)/b33-16-/t17-,21+/m1/s1. The molecule has 0 aliphatic carbocycles. The largest absolute Gasteiger partial charge is 0.455 e. The molecular formula is C28H42N6O16P2S2. The first-order valence-electron chi connectivity index (χ1n) is 15.7. The fourth-order valence-corrected chi connectivity index (χ4v) is 8.89. The summed E-state index contributed by atoms with van der Waals surface area (Å²) < 4.78 is 38.9. The Morgan fingerprint density at radius 1 is 1.02 bits per heavy atom. The predicted octanol–water partition coefficient (Wildman–Crippen LogP) is 1.34. The molecule has 3 heterocycles. The summed E-state index contributed by atoms with van der Waals surface area (Å²) in [4.78, 5) is 112. The van der Waals surface area contributed by atoms with Gasteiger partial charge in [0.25, 0.3) is 16.9 Å². The number of amides is 4. The van der Waals surface area contributed by atoms with Gasteiger partial charge >= 0.3 is 33.3 Å². The number of thioether (sulfide) groups is 1. The number of fused-ring (bicyclic) bond motifs is 1. The third kappa shape index (κ3) is 11.2. The van der Waals surface area contributed by atoms with Crippen LogP contribution >= 0.6 is 38.3 Å². The number of hydrogen-bond acceptors (Lipinski definition) is 16. The van der Waals surface area contributed by atoms with E-state index in [1.54, 1.807) is 41.5 Å². The van der Waals surface area contributed by atoms with Crippen molar-refractivity contribution in [3.8, 4) is 0 Å². The topological polar surface area (TPSA) is 322 Å². The van der Waals surface area contributed by atoms with E-state index in [0.29, 0.717) is 0 Å². The maximum atomic E-state index is 13.5. The highest BCUT2D eigenvalue weighted by atomic mass is 32.2. The second-order valence-corrected chi connectivity index (χ2v) is 19.5. The smallest absolute Gasteiger partial charge is 0.413 e.